The van der Waals surface area contributed by atoms with Crippen molar-refractivity contribution in [2.24, 2.45) is 0 Å². The van der Waals surface area contributed by atoms with Gasteiger partial charge in [0, 0.05) is 62.7 Å². The topological polar surface area (TPSA) is 136 Å². The molecule has 1 heterocycles. The molecule has 10 nitrogen and oxygen atoms in total. The molecular weight excluding hydrogens is 568 g/mol. The summed E-state index contributed by atoms with van der Waals surface area (Å²) >= 11 is 0. The molecule has 1 amide bonds. The Kier molecular flexibility index (Phi) is 11.7. The maximum Gasteiger partial charge on any atom is 0.255 e. The predicted molar refractivity (Wildman–Crippen MR) is 177 cm³/mol. The van der Waals surface area contributed by atoms with E-state index >= 15 is 0 Å². The molecule has 1 aromatic heterocycles. The molecule has 0 saturated heterocycles. The van der Waals surface area contributed by atoms with Gasteiger partial charge in [0.2, 0.25) is 5.95 Å². The third kappa shape index (κ3) is 9.39. The Hall–Kier alpha value is -4.22. The summed E-state index contributed by atoms with van der Waals surface area (Å²) in [5.74, 6) is 0.637. The van der Waals surface area contributed by atoms with Gasteiger partial charge in [0.25, 0.3) is 5.91 Å². The highest BCUT2D eigenvalue weighted by Gasteiger charge is 2.18. The van der Waals surface area contributed by atoms with Crippen LogP contribution < -0.4 is 11.1 Å². The number of amides is 1. The molecule has 0 radical (unpaired) electrons. The van der Waals surface area contributed by atoms with Crippen LogP contribution in [-0.4, -0.2) is 71.4 Å². The molecule has 0 aliphatic carbocycles. The number of methoxy groups -OCH3 is 2. The number of ether oxygens (including phenoxy) is 2. The summed E-state index contributed by atoms with van der Waals surface area (Å²) in [5, 5.41) is 13.3. The summed E-state index contributed by atoms with van der Waals surface area (Å²) < 4.78 is 10.5. The van der Waals surface area contributed by atoms with E-state index in [1.165, 1.54) is 5.56 Å². The van der Waals surface area contributed by atoms with Crippen molar-refractivity contribution < 1.29 is 19.4 Å². The van der Waals surface area contributed by atoms with Crippen LogP contribution in [0.1, 0.15) is 59.2 Å². The molecule has 4 rings (SSSR count). The van der Waals surface area contributed by atoms with E-state index in [0.29, 0.717) is 53.7 Å². The van der Waals surface area contributed by atoms with Crippen molar-refractivity contribution in [1.29, 1.82) is 0 Å². The smallest absolute Gasteiger partial charge is 0.255 e. The zero-order chi connectivity index (χ0) is 32.4. The molecular formula is C35H44N6O4. The Morgan fingerprint density at radius 3 is 2.13 bits per heavy atom. The normalized spacial score (nSPS) is 11.6. The number of benzene rings is 3. The summed E-state index contributed by atoms with van der Waals surface area (Å²) in [4.78, 5) is 28.8. The van der Waals surface area contributed by atoms with Crippen molar-refractivity contribution >= 4 is 17.5 Å². The summed E-state index contributed by atoms with van der Waals surface area (Å²) in [7, 11) is 3.41. The monoisotopic (exact) mass is 612 g/mol. The lowest BCUT2D eigenvalue weighted by molar-refractivity contribution is 0.102. The van der Waals surface area contributed by atoms with Crippen LogP contribution >= 0.6 is 0 Å². The molecule has 0 saturated carbocycles. The number of carbonyl (C=O) groups excluding carboxylic acids is 1. The highest BCUT2D eigenvalue weighted by molar-refractivity contribution is 6.05. The first-order valence-electron chi connectivity index (χ1n) is 15.0. The summed E-state index contributed by atoms with van der Waals surface area (Å²) in [6.45, 7) is 9.79. The van der Waals surface area contributed by atoms with E-state index in [4.69, 9.17) is 20.2 Å². The highest BCUT2D eigenvalue weighted by atomic mass is 16.5. The first kappa shape index (κ1) is 33.7. The molecule has 0 aliphatic heterocycles. The van der Waals surface area contributed by atoms with E-state index in [2.05, 4.69) is 65.2 Å². The van der Waals surface area contributed by atoms with Gasteiger partial charge in [-0.15, -0.1) is 0 Å². The summed E-state index contributed by atoms with van der Waals surface area (Å²) in [6.07, 6.45) is 0.451. The van der Waals surface area contributed by atoms with E-state index in [0.717, 1.165) is 30.8 Å². The molecule has 45 heavy (non-hydrogen) atoms. The molecule has 3 aromatic carbocycles. The zero-order valence-corrected chi connectivity index (χ0v) is 26.8. The number of nitrogens with one attached hydrogen (secondary N) is 1. The molecule has 238 valence electrons. The predicted octanol–water partition coefficient (Wildman–Crippen LogP) is 4.85. The Morgan fingerprint density at radius 2 is 1.53 bits per heavy atom. The van der Waals surface area contributed by atoms with Crippen LogP contribution in [0.3, 0.4) is 0 Å². The number of anilines is 2. The fourth-order valence-electron chi connectivity index (χ4n) is 4.95. The van der Waals surface area contributed by atoms with Gasteiger partial charge in [-0.25, -0.2) is 4.98 Å². The molecule has 0 spiro atoms. The minimum absolute atomic E-state index is 0.0157. The maximum atomic E-state index is 13.1. The quantitative estimate of drug-likeness (QED) is 0.183. The third-order valence-electron chi connectivity index (χ3n) is 7.55. The second-order valence-corrected chi connectivity index (χ2v) is 12.0. The number of carbonyl (C=O) groups is 1. The van der Waals surface area contributed by atoms with Gasteiger partial charge in [-0.3, -0.25) is 9.69 Å². The van der Waals surface area contributed by atoms with Crippen LogP contribution in [0.25, 0.3) is 11.4 Å². The highest BCUT2D eigenvalue weighted by Crippen LogP contribution is 2.29. The Morgan fingerprint density at radius 1 is 0.889 bits per heavy atom. The fourth-order valence-corrected chi connectivity index (χ4v) is 4.95. The van der Waals surface area contributed by atoms with Crippen molar-refractivity contribution in [2.75, 3.05) is 51.6 Å². The maximum absolute atomic E-state index is 13.1. The number of hydrogen-bond donors (Lipinski definition) is 3. The number of aliphatic hydroxyl groups excluding tert-OH is 1. The van der Waals surface area contributed by atoms with Crippen molar-refractivity contribution in [3.63, 3.8) is 0 Å². The van der Waals surface area contributed by atoms with Gasteiger partial charge in [0.05, 0.1) is 19.8 Å². The number of hydrogen-bond acceptors (Lipinski definition) is 9. The van der Waals surface area contributed by atoms with Crippen molar-refractivity contribution in [3.8, 4) is 11.4 Å². The molecule has 4 N–H and O–H groups in total. The molecule has 10 heteroatoms. The number of rotatable bonds is 14. The third-order valence-corrected chi connectivity index (χ3v) is 7.55. The number of nitrogens with two attached hydrogens (primary N) is 1. The van der Waals surface area contributed by atoms with Gasteiger partial charge >= 0.3 is 0 Å². The number of aromatic nitrogens is 3. The molecule has 0 unspecified atom stereocenters. The van der Waals surface area contributed by atoms with Crippen LogP contribution in [0.15, 0.2) is 66.7 Å². The molecule has 4 aromatic rings. The van der Waals surface area contributed by atoms with Crippen LogP contribution in [0.5, 0.6) is 0 Å². The van der Waals surface area contributed by atoms with Crippen LogP contribution in [0, 0.1) is 0 Å². The number of nitrogen functional groups attached to an aromatic ring is 1. The fraction of sp³-hybridized carbons (Fsp3) is 0.371. The van der Waals surface area contributed by atoms with Crippen molar-refractivity contribution in [2.45, 2.75) is 45.8 Å². The van der Waals surface area contributed by atoms with Gasteiger partial charge in [-0.05, 0) is 40.3 Å². The minimum atomic E-state index is -0.330. The minimum Gasteiger partial charge on any atom is -0.392 e. The lowest BCUT2D eigenvalue weighted by atomic mass is 9.86. The first-order chi connectivity index (χ1) is 21.6. The van der Waals surface area contributed by atoms with E-state index in [-0.39, 0.29) is 23.9 Å². The lowest BCUT2D eigenvalue weighted by Gasteiger charge is -2.21. The average molecular weight is 613 g/mol. The number of nitrogens with zero attached hydrogens (tertiary/aromatic N) is 4. The zero-order valence-electron chi connectivity index (χ0n) is 26.8. The second kappa shape index (κ2) is 15.7. The molecule has 0 aliphatic rings. The van der Waals surface area contributed by atoms with E-state index < -0.39 is 0 Å². The lowest BCUT2D eigenvalue weighted by Crippen LogP contribution is -2.30. The second-order valence-electron chi connectivity index (χ2n) is 12.0. The van der Waals surface area contributed by atoms with Gasteiger partial charge in [0.1, 0.15) is 5.82 Å². The Bertz CT molecular complexity index is 1540. The van der Waals surface area contributed by atoms with Crippen LogP contribution in [0.2, 0.25) is 0 Å². The van der Waals surface area contributed by atoms with Gasteiger partial charge in [0.15, 0.2) is 5.82 Å². The molecule has 0 fully saturated rings. The van der Waals surface area contributed by atoms with Crippen LogP contribution in [0.4, 0.5) is 11.6 Å². The van der Waals surface area contributed by atoms with Crippen molar-refractivity contribution in [1.82, 2.24) is 19.9 Å². The van der Waals surface area contributed by atoms with E-state index in [1.807, 2.05) is 24.3 Å². The van der Waals surface area contributed by atoms with Crippen LogP contribution in [-0.2, 0) is 34.5 Å². The average Bonchev–Trinajstić information content (AvgIpc) is 3.02. The summed E-state index contributed by atoms with van der Waals surface area (Å²) in [5.41, 5.74) is 11.5. The van der Waals surface area contributed by atoms with Crippen molar-refractivity contribution in [3.05, 3.63) is 100 Å². The largest absolute Gasteiger partial charge is 0.392 e. The van der Waals surface area contributed by atoms with Gasteiger partial charge in [-0.1, -0.05) is 69.3 Å². The van der Waals surface area contributed by atoms with E-state index in [9.17, 15) is 9.90 Å². The standard InChI is InChI=1S/C35H44N6O4/c1-35(2,3)27-15-13-26(14-16-27)33(43)37-30-8-6-7-28(29(30)23-42)32-38-31(39-34(36)40-32)21-24-9-11-25(12-10-24)22-41(17-19-44-4)18-20-45-5/h6-16,42H,17-23H2,1-5H3,(H,37,43)(H2,36,38,39,40). The summed E-state index contributed by atoms with van der Waals surface area (Å²) in [6, 6.07) is 21.2. The molecule has 0 atom stereocenters. The number of aliphatic hydroxyl groups is 1. The van der Waals surface area contributed by atoms with Gasteiger partial charge in [-0.2, -0.15) is 9.97 Å². The first-order valence-corrected chi connectivity index (χ1v) is 15.0. The van der Waals surface area contributed by atoms with Gasteiger partial charge < -0.3 is 25.6 Å². The van der Waals surface area contributed by atoms with E-state index in [1.54, 1.807) is 32.4 Å². The Balaban J connectivity index is 1.51. The molecule has 0 bridgehead atoms. The Labute approximate surface area is 265 Å². The SMILES string of the molecule is COCCN(CCOC)Cc1ccc(Cc2nc(N)nc(-c3cccc(NC(=O)c4ccc(C(C)(C)C)cc4)c3CO)n2)cc1.